The number of nitrogens with zero attached hydrogens (tertiary/aromatic N) is 2. The Morgan fingerprint density at radius 2 is 0.600 bits per heavy atom. The van der Waals surface area contributed by atoms with E-state index in [9.17, 15) is 57.4 Å². The van der Waals surface area contributed by atoms with Crippen LogP contribution in [0.25, 0.3) is 0 Å². The van der Waals surface area contributed by atoms with Gasteiger partial charge in [0.15, 0.2) is 0 Å². The summed E-state index contributed by atoms with van der Waals surface area (Å²) in [6.45, 7) is -1.55. The molecule has 0 aliphatic carbocycles. The van der Waals surface area contributed by atoms with Crippen molar-refractivity contribution in [3.63, 3.8) is 0 Å². The van der Waals surface area contributed by atoms with E-state index in [2.05, 4.69) is 0 Å². The van der Waals surface area contributed by atoms with Crippen LogP contribution in [-0.2, 0) is 35.0 Å². The molecule has 0 aromatic rings. The van der Waals surface area contributed by atoms with E-state index < -0.39 is 68.6 Å². The average Bonchev–Trinajstić information content (AvgIpc) is 2.16. The van der Waals surface area contributed by atoms with Gasteiger partial charge >= 0.3 is 166 Å². The molecule has 0 heterocycles. The molecule has 0 fully saturated rings. The fourth-order valence-electron chi connectivity index (χ4n) is 1.63. The van der Waals surface area contributed by atoms with Crippen molar-refractivity contribution in [2.24, 2.45) is 0 Å². The van der Waals surface area contributed by atoms with Crippen LogP contribution in [0.3, 0.4) is 0 Å². The minimum Gasteiger partial charge on any atom is -0.810 e. The summed E-state index contributed by atoms with van der Waals surface area (Å²) < 4.78 is 42.7. The van der Waals surface area contributed by atoms with Crippen LogP contribution in [0, 0.1) is 0 Å². The van der Waals surface area contributed by atoms with Gasteiger partial charge in [0, 0.05) is 38.2 Å². The maximum absolute atomic E-state index is 10.7. The molecule has 153 valence electrons. The van der Waals surface area contributed by atoms with Gasteiger partial charge in [-0.2, -0.15) is 0 Å². The predicted molar refractivity (Wildman–Crippen MR) is 64.4 cm³/mol. The number of hydrogen-bond acceptors (Lipinski definition) is 14. The molecule has 0 atom stereocenters. The Balaban J connectivity index is -0.000000126. The first kappa shape index (κ1) is 52.5. The van der Waals surface area contributed by atoms with Crippen molar-refractivity contribution < 1.29 is 223 Å². The molecule has 30 heavy (non-hydrogen) atoms. The second-order valence-electron chi connectivity index (χ2n) is 4.80. The zero-order valence-electron chi connectivity index (χ0n) is 18.2. The SMILES string of the molecule is O=P([O-])([O-])CN(CCN(CP(=O)([O-])[O-])CP(=O)([O-])[O-])CP(=O)([O-])[O-].[Co+2].[H+].[Na+].[Na+].[Na+].[Na+].[Na+]. The zero-order chi connectivity index (χ0) is 19.4. The third-order valence-corrected chi connectivity index (χ3v) is 5.21. The van der Waals surface area contributed by atoms with Crippen LogP contribution in [0.1, 0.15) is 1.43 Å². The largest absolute Gasteiger partial charge is 2.00 e. The van der Waals surface area contributed by atoms with Gasteiger partial charge in [-0.05, 0) is 0 Å². The van der Waals surface area contributed by atoms with Crippen molar-refractivity contribution in [1.82, 2.24) is 9.80 Å². The van der Waals surface area contributed by atoms with Gasteiger partial charge in [0.05, 0.1) is 0 Å². The molecule has 0 unspecified atom stereocenters. The summed E-state index contributed by atoms with van der Waals surface area (Å²) in [4.78, 5) is 85.9. The second kappa shape index (κ2) is 23.0. The van der Waals surface area contributed by atoms with Gasteiger partial charge in [0.2, 0.25) is 0 Å². The topological polar surface area (TPSA) is 259 Å². The summed E-state index contributed by atoms with van der Waals surface area (Å²) in [5, 5.41) is 0. The smallest absolute Gasteiger partial charge is 0.810 e. The van der Waals surface area contributed by atoms with E-state index in [0.717, 1.165) is 0 Å². The third kappa shape index (κ3) is 38.6. The normalized spacial score (nSPS) is 11.7. The zero-order valence-corrected chi connectivity index (χ0v) is 31.8. The molecular formula is C6H13CoN2Na5O12P4. The van der Waals surface area contributed by atoms with Crippen molar-refractivity contribution in [2.75, 3.05) is 38.2 Å². The summed E-state index contributed by atoms with van der Waals surface area (Å²) >= 11 is 0. The standard InChI is InChI=1S/C6H20N2O12P4.Co.5Na/c9-21(10,11)3-7(4-22(12,13)14)1-2-8(5-23(15,16)17)6-24(18,19)20;;;;;;/h1-6H2,(H2,9,10,11)(H2,12,13,14)(H2,15,16,17)(H2,18,19,20);;;;;;/q;+2;5*+1/p-7. The van der Waals surface area contributed by atoms with Crippen molar-refractivity contribution in [3.8, 4) is 0 Å². The molecule has 24 heteroatoms. The molecule has 1 radical (unpaired) electrons. The van der Waals surface area contributed by atoms with E-state index in [1.165, 1.54) is 0 Å². The van der Waals surface area contributed by atoms with Gasteiger partial charge in [0.1, 0.15) is 0 Å². The fourth-order valence-corrected chi connectivity index (χ4v) is 4.88. The summed E-state index contributed by atoms with van der Waals surface area (Å²) in [6, 6.07) is 0. The summed E-state index contributed by atoms with van der Waals surface area (Å²) in [5.74, 6) is 0. The molecule has 14 nitrogen and oxygen atoms in total. The van der Waals surface area contributed by atoms with E-state index in [1.807, 2.05) is 0 Å². The van der Waals surface area contributed by atoms with Crippen molar-refractivity contribution in [3.05, 3.63) is 0 Å². The Morgan fingerprint density at radius 1 is 0.467 bits per heavy atom. The molecule has 0 aliphatic rings. The average molecular weight is 603 g/mol. The van der Waals surface area contributed by atoms with Crippen molar-refractivity contribution in [1.29, 1.82) is 0 Å². The molecule has 0 amide bonds. The van der Waals surface area contributed by atoms with Crippen molar-refractivity contribution >= 4 is 30.4 Å². The molecule has 0 N–H and O–H groups in total. The Bertz CT molecular complexity index is 518. The van der Waals surface area contributed by atoms with Crippen LogP contribution in [0.15, 0.2) is 0 Å². The van der Waals surface area contributed by atoms with Gasteiger partial charge in [-0.15, -0.1) is 0 Å². The van der Waals surface area contributed by atoms with Gasteiger partial charge in [-0.25, -0.2) is 0 Å². The maximum atomic E-state index is 10.7. The first-order chi connectivity index (χ1) is 10.4. The van der Waals surface area contributed by atoms with Gasteiger partial charge in [-0.3, -0.25) is 9.80 Å². The quantitative estimate of drug-likeness (QED) is 0.157. The maximum Gasteiger partial charge on any atom is 2.00 e. The van der Waals surface area contributed by atoms with Crippen LogP contribution in [0.4, 0.5) is 0 Å². The summed E-state index contributed by atoms with van der Waals surface area (Å²) in [7, 11) is -21.2. The first-order valence-electron chi connectivity index (χ1n) is 5.85. The molecule has 0 aromatic carbocycles. The summed E-state index contributed by atoms with van der Waals surface area (Å²) in [5.41, 5.74) is 0. The number of rotatable bonds is 11. The number of hydrogen-bond donors (Lipinski definition) is 0. The Morgan fingerprint density at radius 3 is 0.700 bits per heavy atom. The first-order valence-corrected chi connectivity index (χ1v) is 12.8. The fraction of sp³-hybridized carbons (Fsp3) is 1.00. The van der Waals surface area contributed by atoms with Crippen LogP contribution in [-0.4, -0.2) is 48.0 Å². The molecule has 0 aromatic heterocycles. The molecule has 0 spiro atoms. The van der Waals surface area contributed by atoms with Crippen LogP contribution in [0.2, 0.25) is 0 Å². The van der Waals surface area contributed by atoms with Gasteiger partial charge < -0.3 is 57.4 Å². The Hall–Kier alpha value is 6.03. The molecular weight excluding hydrogens is 590 g/mol. The second-order valence-corrected chi connectivity index (χ2v) is 10.8. The molecule has 0 bridgehead atoms. The molecule has 0 aliphatic heterocycles. The Labute approximate surface area is 296 Å². The molecule has 0 saturated carbocycles. The minimum atomic E-state index is -5.30. The van der Waals surface area contributed by atoms with Crippen LogP contribution >= 0.6 is 30.4 Å². The van der Waals surface area contributed by atoms with Gasteiger partial charge in [0.25, 0.3) is 0 Å². The van der Waals surface area contributed by atoms with Crippen molar-refractivity contribution in [2.45, 2.75) is 0 Å². The third-order valence-electron chi connectivity index (χ3n) is 2.23. The molecule has 0 saturated heterocycles. The van der Waals surface area contributed by atoms with Crippen LogP contribution < -0.4 is 187 Å². The van der Waals surface area contributed by atoms with E-state index in [1.54, 1.807) is 0 Å². The monoisotopic (exact) mass is 603 g/mol. The summed E-state index contributed by atoms with van der Waals surface area (Å²) in [6.07, 6.45) is -5.63. The van der Waals surface area contributed by atoms with E-state index in [-0.39, 0.29) is 166 Å². The predicted octanol–water partition coefficient (Wildman–Crippen LogP) is -21.8. The molecule has 0 rings (SSSR count). The Kier molecular flexibility index (Phi) is 40.2. The minimum absolute atomic E-state index is 0. The van der Waals surface area contributed by atoms with E-state index in [4.69, 9.17) is 0 Å². The van der Waals surface area contributed by atoms with E-state index in [0.29, 0.717) is 9.80 Å². The van der Waals surface area contributed by atoms with Crippen LogP contribution in [0.5, 0.6) is 0 Å². The van der Waals surface area contributed by atoms with Gasteiger partial charge in [-0.1, -0.05) is 30.4 Å². The van der Waals surface area contributed by atoms with E-state index >= 15 is 0 Å².